The van der Waals surface area contributed by atoms with E-state index in [9.17, 15) is 0 Å². The second-order valence-corrected chi connectivity index (χ2v) is 4.92. The summed E-state index contributed by atoms with van der Waals surface area (Å²) in [6.07, 6.45) is 4.33. The lowest BCUT2D eigenvalue weighted by Crippen LogP contribution is -2.42. The molecule has 4 nitrogen and oxygen atoms in total. The fraction of sp³-hybridized carbons (Fsp3) is 0.667. The molecule has 0 amide bonds. The molecule has 0 saturated carbocycles. The Balaban J connectivity index is 2.63. The van der Waals surface area contributed by atoms with E-state index in [2.05, 4.69) is 21.0 Å². The fourth-order valence-corrected chi connectivity index (χ4v) is 1.69. The van der Waals surface area contributed by atoms with Gasteiger partial charge in [0.2, 0.25) is 0 Å². The molecule has 0 bridgehead atoms. The molecule has 80 valence electrons. The Kier molecular flexibility index (Phi) is 3.69. The minimum atomic E-state index is -0.544. The average Bonchev–Trinajstić information content (AvgIpc) is 2.51. The molecule has 0 radical (unpaired) electrons. The monoisotopic (exact) mass is 261 g/mol. The topological polar surface area (TPSA) is 64.1 Å². The van der Waals surface area contributed by atoms with Crippen molar-refractivity contribution in [1.29, 1.82) is 0 Å². The Morgan fingerprint density at radius 3 is 2.86 bits per heavy atom. The van der Waals surface area contributed by atoms with E-state index in [-0.39, 0.29) is 12.6 Å². The van der Waals surface area contributed by atoms with Crippen molar-refractivity contribution in [2.75, 3.05) is 6.61 Å². The molecule has 1 heterocycles. The Labute approximate surface area is 92.2 Å². The minimum Gasteiger partial charge on any atom is -0.394 e. The smallest absolute Gasteiger partial charge is 0.0632 e. The summed E-state index contributed by atoms with van der Waals surface area (Å²) in [5.74, 6) is 0. The number of aliphatic hydroxyl groups excluding tert-OH is 1. The van der Waals surface area contributed by atoms with Crippen molar-refractivity contribution in [1.82, 2.24) is 9.78 Å². The lowest BCUT2D eigenvalue weighted by Gasteiger charge is -2.25. The highest BCUT2D eigenvalue weighted by Crippen LogP contribution is 2.19. The molecule has 0 aliphatic rings. The second kappa shape index (κ2) is 4.42. The first-order valence-corrected chi connectivity index (χ1v) is 5.33. The van der Waals surface area contributed by atoms with E-state index in [1.807, 2.05) is 24.7 Å². The van der Waals surface area contributed by atoms with Gasteiger partial charge in [0.25, 0.3) is 0 Å². The molecular formula is C9H16BrN3O. The van der Waals surface area contributed by atoms with E-state index in [1.54, 1.807) is 6.20 Å². The number of hydrogen-bond acceptors (Lipinski definition) is 3. The molecule has 2 atom stereocenters. The van der Waals surface area contributed by atoms with E-state index in [1.165, 1.54) is 0 Å². The van der Waals surface area contributed by atoms with Crippen LogP contribution in [0.4, 0.5) is 0 Å². The summed E-state index contributed by atoms with van der Waals surface area (Å²) in [4.78, 5) is 0. The third-order valence-electron chi connectivity index (χ3n) is 2.14. The number of rotatable bonds is 4. The van der Waals surface area contributed by atoms with Crippen molar-refractivity contribution in [3.05, 3.63) is 16.9 Å². The molecule has 0 aromatic carbocycles. The van der Waals surface area contributed by atoms with Crippen LogP contribution in [-0.4, -0.2) is 27.0 Å². The van der Waals surface area contributed by atoms with Crippen LogP contribution in [0, 0.1) is 0 Å². The standard InChI is InChI=1S/C9H16BrN3O/c1-7(3-9(2,11)6-14)13-5-8(10)4-12-13/h4-5,7,14H,3,6,11H2,1-2H3. The predicted molar refractivity (Wildman–Crippen MR) is 58.9 cm³/mol. The van der Waals surface area contributed by atoms with E-state index in [4.69, 9.17) is 10.8 Å². The van der Waals surface area contributed by atoms with Gasteiger partial charge in [-0.25, -0.2) is 0 Å². The summed E-state index contributed by atoms with van der Waals surface area (Å²) in [5, 5.41) is 13.2. The molecule has 3 N–H and O–H groups in total. The Morgan fingerprint density at radius 1 is 1.79 bits per heavy atom. The largest absolute Gasteiger partial charge is 0.394 e. The van der Waals surface area contributed by atoms with E-state index >= 15 is 0 Å². The summed E-state index contributed by atoms with van der Waals surface area (Å²) in [6, 6.07) is 0.184. The zero-order valence-electron chi connectivity index (χ0n) is 8.44. The molecule has 1 aromatic rings. The van der Waals surface area contributed by atoms with Crippen LogP contribution in [0.2, 0.25) is 0 Å². The number of nitrogens with two attached hydrogens (primary N) is 1. The van der Waals surface area contributed by atoms with Crippen LogP contribution >= 0.6 is 15.9 Å². The number of aliphatic hydroxyl groups is 1. The van der Waals surface area contributed by atoms with Gasteiger partial charge in [-0.1, -0.05) is 0 Å². The highest BCUT2D eigenvalue weighted by Gasteiger charge is 2.21. The molecule has 0 saturated heterocycles. The van der Waals surface area contributed by atoms with Crippen LogP contribution in [0.1, 0.15) is 26.3 Å². The van der Waals surface area contributed by atoms with Crippen LogP contribution in [0.5, 0.6) is 0 Å². The van der Waals surface area contributed by atoms with Crippen molar-refractivity contribution in [3.8, 4) is 0 Å². The van der Waals surface area contributed by atoms with Gasteiger partial charge in [-0.15, -0.1) is 0 Å². The summed E-state index contributed by atoms with van der Waals surface area (Å²) >= 11 is 3.33. The summed E-state index contributed by atoms with van der Waals surface area (Å²) in [5.41, 5.74) is 5.31. The lowest BCUT2D eigenvalue weighted by atomic mass is 9.96. The maximum absolute atomic E-state index is 9.03. The van der Waals surface area contributed by atoms with Gasteiger partial charge in [0.1, 0.15) is 0 Å². The van der Waals surface area contributed by atoms with Crippen molar-refractivity contribution in [3.63, 3.8) is 0 Å². The van der Waals surface area contributed by atoms with Crippen LogP contribution in [0.3, 0.4) is 0 Å². The molecule has 0 fully saturated rings. The van der Waals surface area contributed by atoms with Gasteiger partial charge in [0.05, 0.1) is 23.3 Å². The third kappa shape index (κ3) is 3.08. The first-order valence-electron chi connectivity index (χ1n) is 4.54. The van der Waals surface area contributed by atoms with Gasteiger partial charge in [-0.2, -0.15) is 5.10 Å². The lowest BCUT2D eigenvalue weighted by molar-refractivity contribution is 0.182. The summed E-state index contributed by atoms with van der Waals surface area (Å²) < 4.78 is 2.79. The molecule has 0 aliphatic carbocycles. The van der Waals surface area contributed by atoms with Gasteiger partial charge in [-0.05, 0) is 36.2 Å². The third-order valence-corrected chi connectivity index (χ3v) is 2.55. The van der Waals surface area contributed by atoms with Gasteiger partial charge in [-0.3, -0.25) is 4.68 Å². The number of hydrogen-bond donors (Lipinski definition) is 2. The molecule has 2 unspecified atom stereocenters. The van der Waals surface area contributed by atoms with Crippen LogP contribution < -0.4 is 5.73 Å². The summed E-state index contributed by atoms with van der Waals surface area (Å²) in [6.45, 7) is 3.85. The van der Waals surface area contributed by atoms with Crippen LogP contribution in [-0.2, 0) is 0 Å². The molecule has 1 aromatic heterocycles. The van der Waals surface area contributed by atoms with Crippen molar-refractivity contribution >= 4 is 15.9 Å². The molecule has 1 rings (SSSR count). The van der Waals surface area contributed by atoms with E-state index in [0.717, 1.165) is 4.47 Å². The van der Waals surface area contributed by atoms with Gasteiger partial charge >= 0.3 is 0 Å². The van der Waals surface area contributed by atoms with Gasteiger partial charge in [0, 0.05) is 11.7 Å². The Morgan fingerprint density at radius 2 is 2.43 bits per heavy atom. The van der Waals surface area contributed by atoms with Crippen LogP contribution in [0.25, 0.3) is 0 Å². The summed E-state index contributed by atoms with van der Waals surface area (Å²) in [7, 11) is 0. The molecule has 0 spiro atoms. The molecule has 5 heteroatoms. The maximum Gasteiger partial charge on any atom is 0.0632 e. The first-order chi connectivity index (χ1) is 6.44. The fourth-order valence-electron chi connectivity index (χ4n) is 1.39. The predicted octanol–water partition coefficient (Wildman–Crippen LogP) is 1.31. The zero-order valence-corrected chi connectivity index (χ0v) is 10.0. The van der Waals surface area contributed by atoms with Crippen molar-refractivity contribution in [2.45, 2.75) is 31.8 Å². The SMILES string of the molecule is CC(CC(C)(N)CO)n1cc(Br)cn1. The first kappa shape index (κ1) is 11.7. The maximum atomic E-state index is 9.03. The van der Waals surface area contributed by atoms with Crippen molar-refractivity contribution < 1.29 is 5.11 Å². The minimum absolute atomic E-state index is 0.0141. The van der Waals surface area contributed by atoms with Crippen LogP contribution in [0.15, 0.2) is 16.9 Å². The number of halogens is 1. The number of nitrogens with zero attached hydrogens (tertiary/aromatic N) is 2. The average molecular weight is 262 g/mol. The number of aromatic nitrogens is 2. The Bertz CT molecular complexity index is 298. The molecule has 0 aliphatic heterocycles. The normalized spacial score (nSPS) is 17.8. The van der Waals surface area contributed by atoms with Crippen molar-refractivity contribution in [2.24, 2.45) is 5.73 Å². The highest BCUT2D eigenvalue weighted by atomic mass is 79.9. The molecular weight excluding hydrogens is 246 g/mol. The quantitative estimate of drug-likeness (QED) is 0.859. The van der Waals surface area contributed by atoms with Gasteiger partial charge in [0.15, 0.2) is 0 Å². The van der Waals surface area contributed by atoms with Gasteiger partial charge < -0.3 is 10.8 Å². The van der Waals surface area contributed by atoms with E-state index in [0.29, 0.717) is 6.42 Å². The highest BCUT2D eigenvalue weighted by molar-refractivity contribution is 9.10. The Hall–Kier alpha value is -0.390. The zero-order chi connectivity index (χ0) is 10.8. The second-order valence-electron chi connectivity index (χ2n) is 4.00. The molecule has 14 heavy (non-hydrogen) atoms. The van der Waals surface area contributed by atoms with E-state index < -0.39 is 5.54 Å².